The number of rotatable bonds is 6. The SMILES string of the molecule is CC(C(N)=O)C1CN(c2ccc(-c3cnc(N4CCN(C(=O)c5ccccc5C(F)(F)F)CC4)nc3)c(F)c2)C(=O)O1. The van der Waals surface area contributed by atoms with Crippen LogP contribution in [-0.4, -0.2) is 71.6 Å². The fourth-order valence-electron chi connectivity index (χ4n) is 4.87. The van der Waals surface area contributed by atoms with Gasteiger partial charge in [0.25, 0.3) is 5.91 Å². The summed E-state index contributed by atoms with van der Waals surface area (Å²) in [6.45, 7) is 2.53. The van der Waals surface area contributed by atoms with Gasteiger partial charge in [0.15, 0.2) is 0 Å². The molecule has 2 atom stereocenters. The largest absolute Gasteiger partial charge is 0.443 e. The van der Waals surface area contributed by atoms with Gasteiger partial charge in [-0.2, -0.15) is 13.2 Å². The summed E-state index contributed by atoms with van der Waals surface area (Å²) < 4.78 is 60.4. The van der Waals surface area contributed by atoms with Crippen molar-refractivity contribution in [1.82, 2.24) is 14.9 Å². The predicted octanol–water partition coefficient (Wildman–Crippen LogP) is 3.71. The number of carbonyl (C=O) groups excluding carboxylic acids is 3. The number of piperazine rings is 1. The first kappa shape index (κ1) is 28.8. The first-order valence-corrected chi connectivity index (χ1v) is 13.0. The molecule has 0 aliphatic carbocycles. The number of benzene rings is 2. The van der Waals surface area contributed by atoms with Crippen molar-refractivity contribution >= 4 is 29.5 Å². The van der Waals surface area contributed by atoms with Crippen molar-refractivity contribution in [2.75, 3.05) is 42.5 Å². The number of alkyl halides is 3. The number of hydrogen-bond donors (Lipinski definition) is 1. The Balaban J connectivity index is 1.23. The summed E-state index contributed by atoms with van der Waals surface area (Å²) >= 11 is 0. The Morgan fingerprint density at radius 2 is 1.71 bits per heavy atom. The van der Waals surface area contributed by atoms with Gasteiger partial charge in [0.05, 0.1) is 29.3 Å². The molecule has 2 saturated heterocycles. The average Bonchev–Trinajstić information content (AvgIpc) is 3.37. The van der Waals surface area contributed by atoms with Crippen LogP contribution < -0.4 is 15.5 Å². The highest BCUT2D eigenvalue weighted by Gasteiger charge is 2.38. The average molecular weight is 587 g/mol. The Morgan fingerprint density at radius 3 is 2.33 bits per heavy atom. The van der Waals surface area contributed by atoms with Gasteiger partial charge in [0, 0.05) is 49.7 Å². The predicted molar refractivity (Wildman–Crippen MR) is 143 cm³/mol. The number of aromatic nitrogens is 2. The highest BCUT2D eigenvalue weighted by atomic mass is 19.4. The molecule has 5 rings (SSSR count). The van der Waals surface area contributed by atoms with E-state index in [-0.39, 0.29) is 30.9 Å². The first-order valence-electron chi connectivity index (χ1n) is 13.0. The van der Waals surface area contributed by atoms with E-state index in [0.29, 0.717) is 24.6 Å². The smallest absolute Gasteiger partial charge is 0.417 e. The lowest BCUT2D eigenvalue weighted by Gasteiger charge is -2.35. The number of ether oxygens (including phenoxy) is 1. The molecule has 2 N–H and O–H groups in total. The minimum atomic E-state index is -4.64. The second-order valence-electron chi connectivity index (χ2n) is 9.98. The molecule has 220 valence electrons. The molecule has 14 heteroatoms. The number of anilines is 2. The van der Waals surface area contributed by atoms with Crippen LogP contribution in [0.4, 0.5) is 34.0 Å². The third-order valence-electron chi connectivity index (χ3n) is 7.37. The lowest BCUT2D eigenvalue weighted by Crippen LogP contribution is -2.49. The zero-order valence-electron chi connectivity index (χ0n) is 22.3. The maximum atomic E-state index is 15.1. The molecule has 0 radical (unpaired) electrons. The molecule has 2 aliphatic heterocycles. The molecule has 2 aromatic carbocycles. The summed E-state index contributed by atoms with van der Waals surface area (Å²) in [4.78, 5) is 49.6. The van der Waals surface area contributed by atoms with E-state index in [1.807, 2.05) is 0 Å². The van der Waals surface area contributed by atoms with E-state index in [2.05, 4.69) is 9.97 Å². The van der Waals surface area contributed by atoms with Gasteiger partial charge in [-0.15, -0.1) is 0 Å². The van der Waals surface area contributed by atoms with Crippen molar-refractivity contribution < 1.29 is 36.7 Å². The van der Waals surface area contributed by atoms with Crippen LogP contribution >= 0.6 is 0 Å². The number of amides is 3. The number of halogens is 4. The standard InChI is InChI=1S/C28H26F4N6O4/c1-16(24(33)39)23-15-38(27(41)42-23)18-6-7-19(22(29)12-18)17-13-34-26(35-14-17)37-10-8-36(9-11-37)25(40)20-4-2-3-5-21(20)28(30,31)32/h2-7,12-14,16,23H,8-11,15H2,1H3,(H2,33,39). The second kappa shape index (κ2) is 11.3. The molecule has 10 nitrogen and oxygen atoms in total. The lowest BCUT2D eigenvalue weighted by molar-refractivity contribution is -0.138. The van der Waals surface area contributed by atoms with Crippen LogP contribution in [0.15, 0.2) is 54.9 Å². The summed E-state index contributed by atoms with van der Waals surface area (Å²) in [5.41, 5.74) is 4.75. The van der Waals surface area contributed by atoms with Crippen LogP contribution in [0, 0.1) is 11.7 Å². The van der Waals surface area contributed by atoms with E-state index >= 15 is 4.39 Å². The maximum absolute atomic E-state index is 15.1. The number of nitrogens with zero attached hydrogens (tertiary/aromatic N) is 5. The van der Waals surface area contributed by atoms with E-state index in [0.717, 1.165) is 6.07 Å². The third-order valence-corrected chi connectivity index (χ3v) is 7.37. The molecule has 3 amide bonds. The Kier molecular flexibility index (Phi) is 7.71. The fraction of sp³-hybridized carbons (Fsp3) is 0.321. The fourth-order valence-corrected chi connectivity index (χ4v) is 4.87. The zero-order chi connectivity index (χ0) is 30.2. The van der Waals surface area contributed by atoms with Gasteiger partial charge < -0.3 is 20.3 Å². The van der Waals surface area contributed by atoms with Crippen molar-refractivity contribution in [2.24, 2.45) is 11.7 Å². The van der Waals surface area contributed by atoms with Gasteiger partial charge in [-0.05, 0) is 37.3 Å². The first-order chi connectivity index (χ1) is 19.9. The van der Waals surface area contributed by atoms with E-state index in [1.165, 1.54) is 58.6 Å². The molecule has 3 aromatic rings. The van der Waals surface area contributed by atoms with Gasteiger partial charge in [-0.3, -0.25) is 14.5 Å². The van der Waals surface area contributed by atoms with Gasteiger partial charge >= 0.3 is 12.3 Å². The van der Waals surface area contributed by atoms with Gasteiger partial charge in [-0.25, -0.2) is 19.2 Å². The molecule has 3 heterocycles. The molecule has 1 aromatic heterocycles. The molecular weight excluding hydrogens is 560 g/mol. The second-order valence-corrected chi connectivity index (χ2v) is 9.98. The van der Waals surface area contributed by atoms with Crippen LogP contribution in [-0.2, 0) is 15.7 Å². The van der Waals surface area contributed by atoms with E-state index < -0.39 is 53.0 Å². The number of primary amides is 1. The Bertz CT molecular complexity index is 1510. The minimum absolute atomic E-state index is 0.0488. The number of carbonyl (C=O) groups is 3. The zero-order valence-corrected chi connectivity index (χ0v) is 22.3. The number of hydrogen-bond acceptors (Lipinski definition) is 7. The minimum Gasteiger partial charge on any atom is -0.443 e. The summed E-state index contributed by atoms with van der Waals surface area (Å²) in [5.74, 6) is -2.31. The molecule has 0 saturated carbocycles. The van der Waals surface area contributed by atoms with Crippen molar-refractivity contribution in [3.05, 3.63) is 71.8 Å². The van der Waals surface area contributed by atoms with Gasteiger partial charge in [0.2, 0.25) is 11.9 Å². The van der Waals surface area contributed by atoms with Crippen LogP contribution in [0.2, 0.25) is 0 Å². The monoisotopic (exact) mass is 586 g/mol. The molecule has 0 spiro atoms. The molecule has 42 heavy (non-hydrogen) atoms. The van der Waals surface area contributed by atoms with Gasteiger partial charge in [-0.1, -0.05) is 12.1 Å². The topological polar surface area (TPSA) is 122 Å². The highest BCUT2D eigenvalue weighted by molar-refractivity contribution is 5.96. The third kappa shape index (κ3) is 5.69. The van der Waals surface area contributed by atoms with Crippen molar-refractivity contribution in [3.8, 4) is 11.1 Å². The van der Waals surface area contributed by atoms with Crippen LogP contribution in [0.3, 0.4) is 0 Å². The van der Waals surface area contributed by atoms with Crippen LogP contribution in [0.25, 0.3) is 11.1 Å². The normalized spacial score (nSPS) is 18.2. The summed E-state index contributed by atoms with van der Waals surface area (Å²) in [5, 5.41) is 0. The van der Waals surface area contributed by atoms with Crippen molar-refractivity contribution in [3.63, 3.8) is 0 Å². The highest BCUT2D eigenvalue weighted by Crippen LogP contribution is 2.33. The molecule has 2 unspecified atom stereocenters. The Morgan fingerprint density at radius 1 is 1.05 bits per heavy atom. The van der Waals surface area contributed by atoms with Crippen molar-refractivity contribution in [2.45, 2.75) is 19.2 Å². The summed E-state index contributed by atoms with van der Waals surface area (Å²) in [6.07, 6.45) is -3.22. The van der Waals surface area contributed by atoms with E-state index in [1.54, 1.807) is 11.8 Å². The maximum Gasteiger partial charge on any atom is 0.417 e. The van der Waals surface area contributed by atoms with E-state index in [4.69, 9.17) is 10.5 Å². The van der Waals surface area contributed by atoms with Crippen LogP contribution in [0.5, 0.6) is 0 Å². The van der Waals surface area contributed by atoms with E-state index in [9.17, 15) is 27.6 Å². The quantitative estimate of drug-likeness (QED) is 0.437. The van der Waals surface area contributed by atoms with Gasteiger partial charge in [0.1, 0.15) is 11.9 Å². The number of cyclic esters (lactones) is 1. The summed E-state index contributed by atoms with van der Waals surface area (Å²) in [7, 11) is 0. The Labute approximate surface area is 237 Å². The van der Waals surface area contributed by atoms with Crippen LogP contribution in [0.1, 0.15) is 22.8 Å². The molecule has 2 aliphatic rings. The van der Waals surface area contributed by atoms with Crippen molar-refractivity contribution in [1.29, 1.82) is 0 Å². The lowest BCUT2D eigenvalue weighted by atomic mass is 10.0. The molecule has 2 fully saturated rings. The molecule has 0 bridgehead atoms. The molecular formula is C28H26F4N6O4. The number of nitrogens with two attached hydrogens (primary N) is 1. The Hall–Kier alpha value is -4.75. The summed E-state index contributed by atoms with van der Waals surface area (Å²) in [6, 6.07) is 8.89.